The van der Waals surface area contributed by atoms with E-state index in [0.717, 1.165) is 44.6 Å². The van der Waals surface area contributed by atoms with Crippen molar-refractivity contribution in [1.29, 1.82) is 0 Å². The molecular formula is C17H28N4O2. The maximum atomic E-state index is 12.6. The number of hydrogen-bond donors (Lipinski definition) is 0. The molecule has 0 radical (unpaired) electrons. The lowest BCUT2D eigenvalue weighted by atomic mass is 10.0. The highest BCUT2D eigenvalue weighted by Gasteiger charge is 2.38. The largest absolute Gasteiger partial charge is 0.339 e. The molecule has 3 heterocycles. The fourth-order valence-corrected chi connectivity index (χ4v) is 4.00. The van der Waals surface area contributed by atoms with Crippen LogP contribution in [-0.4, -0.2) is 58.1 Å². The van der Waals surface area contributed by atoms with Crippen LogP contribution in [0.5, 0.6) is 0 Å². The van der Waals surface area contributed by atoms with E-state index in [9.17, 15) is 4.79 Å². The first-order valence-electron chi connectivity index (χ1n) is 9.00. The molecule has 0 N–H and O–H groups in total. The molecule has 0 aliphatic carbocycles. The van der Waals surface area contributed by atoms with Crippen LogP contribution in [0, 0.1) is 0 Å². The van der Waals surface area contributed by atoms with E-state index in [1.54, 1.807) is 0 Å². The summed E-state index contributed by atoms with van der Waals surface area (Å²) in [5, 5.41) is 3.95. The predicted octanol–water partition coefficient (Wildman–Crippen LogP) is 2.04. The van der Waals surface area contributed by atoms with E-state index in [1.165, 1.54) is 12.8 Å². The van der Waals surface area contributed by atoms with Gasteiger partial charge >= 0.3 is 0 Å². The first kappa shape index (κ1) is 16.4. The van der Waals surface area contributed by atoms with Crippen molar-refractivity contribution in [1.82, 2.24) is 19.9 Å². The lowest BCUT2D eigenvalue weighted by Crippen LogP contribution is -2.47. The molecule has 0 bridgehead atoms. The molecule has 6 heteroatoms. The Labute approximate surface area is 138 Å². The first-order valence-corrected chi connectivity index (χ1v) is 9.00. The van der Waals surface area contributed by atoms with E-state index >= 15 is 0 Å². The fourth-order valence-electron chi connectivity index (χ4n) is 4.00. The summed E-state index contributed by atoms with van der Waals surface area (Å²) >= 11 is 0. The molecule has 2 aliphatic heterocycles. The first-order chi connectivity index (χ1) is 11.2. The summed E-state index contributed by atoms with van der Waals surface area (Å²) in [4.78, 5) is 21.5. The monoisotopic (exact) mass is 320 g/mol. The standard InChI is InChI=1S/C17H28N4O2/c1-3-6-15-18-16(23-19-15)9-10-17(22)21-12-5-8-14(21)13-7-4-11-20(13)2/h13-14H,3-12H2,1-2H3/t13-,14+/m1/s1. The number of aromatic nitrogens is 2. The average Bonchev–Trinajstić information content (AvgIpc) is 3.25. The number of nitrogens with zero attached hydrogens (tertiary/aromatic N) is 4. The van der Waals surface area contributed by atoms with Crippen LogP contribution in [-0.2, 0) is 17.6 Å². The lowest BCUT2D eigenvalue weighted by Gasteiger charge is -2.33. The second kappa shape index (κ2) is 7.43. The average molecular weight is 320 g/mol. The fraction of sp³-hybridized carbons (Fsp3) is 0.824. The van der Waals surface area contributed by atoms with Crippen molar-refractivity contribution in [2.45, 2.75) is 70.4 Å². The Bertz CT molecular complexity index is 530. The Hall–Kier alpha value is -1.43. The van der Waals surface area contributed by atoms with Crippen molar-refractivity contribution in [2.75, 3.05) is 20.1 Å². The molecule has 128 valence electrons. The number of aryl methyl sites for hydroxylation is 2. The molecule has 1 aromatic rings. The molecule has 2 aliphatic rings. The molecule has 1 aromatic heterocycles. The molecule has 6 nitrogen and oxygen atoms in total. The van der Waals surface area contributed by atoms with Gasteiger partial charge in [0.15, 0.2) is 5.82 Å². The van der Waals surface area contributed by atoms with E-state index < -0.39 is 0 Å². The Balaban J connectivity index is 1.54. The zero-order chi connectivity index (χ0) is 16.2. The normalized spacial score (nSPS) is 25.4. The van der Waals surface area contributed by atoms with Crippen LogP contribution in [0.15, 0.2) is 4.52 Å². The van der Waals surface area contributed by atoms with Gasteiger partial charge in [-0.3, -0.25) is 4.79 Å². The van der Waals surface area contributed by atoms with Gasteiger partial charge in [-0.25, -0.2) is 0 Å². The summed E-state index contributed by atoms with van der Waals surface area (Å²) in [5.41, 5.74) is 0. The molecule has 3 rings (SSSR count). The summed E-state index contributed by atoms with van der Waals surface area (Å²) in [5.74, 6) is 1.58. The second-order valence-corrected chi connectivity index (χ2v) is 6.84. The zero-order valence-corrected chi connectivity index (χ0v) is 14.3. The third kappa shape index (κ3) is 3.74. The predicted molar refractivity (Wildman–Crippen MR) is 87.0 cm³/mol. The molecule has 0 saturated carbocycles. The topological polar surface area (TPSA) is 62.5 Å². The van der Waals surface area contributed by atoms with Gasteiger partial charge in [0.2, 0.25) is 11.8 Å². The molecule has 2 saturated heterocycles. The molecule has 0 aromatic carbocycles. The van der Waals surface area contributed by atoms with Crippen LogP contribution < -0.4 is 0 Å². The van der Waals surface area contributed by atoms with Gasteiger partial charge in [-0.05, 0) is 45.7 Å². The van der Waals surface area contributed by atoms with E-state index in [0.29, 0.717) is 30.8 Å². The minimum Gasteiger partial charge on any atom is -0.339 e. The Kier molecular flexibility index (Phi) is 5.30. The molecular weight excluding hydrogens is 292 g/mol. The Morgan fingerprint density at radius 1 is 1.22 bits per heavy atom. The number of likely N-dealkylation sites (tertiary alicyclic amines) is 2. The van der Waals surface area contributed by atoms with Crippen LogP contribution in [0.3, 0.4) is 0 Å². The van der Waals surface area contributed by atoms with Crippen molar-refractivity contribution in [3.63, 3.8) is 0 Å². The maximum absolute atomic E-state index is 12.6. The van der Waals surface area contributed by atoms with Gasteiger partial charge in [0.05, 0.1) is 0 Å². The molecule has 23 heavy (non-hydrogen) atoms. The number of amides is 1. The van der Waals surface area contributed by atoms with Crippen molar-refractivity contribution in [3.8, 4) is 0 Å². The maximum Gasteiger partial charge on any atom is 0.227 e. The molecule has 2 fully saturated rings. The Morgan fingerprint density at radius 2 is 2.00 bits per heavy atom. The molecule has 0 spiro atoms. The lowest BCUT2D eigenvalue weighted by molar-refractivity contribution is -0.133. The van der Waals surface area contributed by atoms with Crippen LogP contribution >= 0.6 is 0 Å². The van der Waals surface area contributed by atoms with Gasteiger partial charge < -0.3 is 14.3 Å². The number of carbonyl (C=O) groups excluding carboxylic acids is 1. The van der Waals surface area contributed by atoms with Gasteiger partial charge in [-0.15, -0.1) is 0 Å². The molecule has 1 amide bonds. The highest BCUT2D eigenvalue weighted by atomic mass is 16.5. The number of hydrogen-bond acceptors (Lipinski definition) is 5. The van der Waals surface area contributed by atoms with Gasteiger partial charge in [0.25, 0.3) is 0 Å². The van der Waals surface area contributed by atoms with E-state index in [-0.39, 0.29) is 5.91 Å². The number of likely N-dealkylation sites (N-methyl/N-ethyl adjacent to an activating group) is 1. The van der Waals surface area contributed by atoms with Crippen LogP contribution in [0.25, 0.3) is 0 Å². The summed E-state index contributed by atoms with van der Waals surface area (Å²) < 4.78 is 5.23. The minimum atomic E-state index is 0.239. The minimum absolute atomic E-state index is 0.239. The third-order valence-electron chi connectivity index (χ3n) is 5.18. The van der Waals surface area contributed by atoms with Crippen molar-refractivity contribution >= 4 is 5.91 Å². The summed E-state index contributed by atoms with van der Waals surface area (Å²) in [6, 6.07) is 0.939. The Morgan fingerprint density at radius 3 is 2.74 bits per heavy atom. The van der Waals surface area contributed by atoms with E-state index in [4.69, 9.17) is 4.52 Å². The van der Waals surface area contributed by atoms with Crippen LogP contribution in [0.4, 0.5) is 0 Å². The second-order valence-electron chi connectivity index (χ2n) is 6.84. The van der Waals surface area contributed by atoms with Crippen molar-refractivity contribution in [3.05, 3.63) is 11.7 Å². The van der Waals surface area contributed by atoms with Crippen LogP contribution in [0.1, 0.15) is 57.2 Å². The summed E-state index contributed by atoms with van der Waals surface area (Å²) in [7, 11) is 2.19. The molecule has 2 atom stereocenters. The van der Waals surface area contributed by atoms with E-state index in [2.05, 4.69) is 33.9 Å². The highest BCUT2D eigenvalue weighted by molar-refractivity contribution is 5.77. The SMILES string of the molecule is CCCc1noc(CCC(=O)N2CCC[C@H]2[C@H]2CCCN2C)n1. The van der Waals surface area contributed by atoms with Gasteiger partial charge in [0, 0.05) is 37.9 Å². The zero-order valence-electron chi connectivity index (χ0n) is 14.3. The number of carbonyl (C=O) groups is 1. The van der Waals surface area contributed by atoms with Crippen molar-refractivity contribution < 1.29 is 9.32 Å². The number of rotatable bonds is 6. The van der Waals surface area contributed by atoms with E-state index in [1.807, 2.05) is 0 Å². The van der Waals surface area contributed by atoms with Crippen LogP contribution in [0.2, 0.25) is 0 Å². The van der Waals surface area contributed by atoms with Crippen molar-refractivity contribution in [2.24, 2.45) is 0 Å². The third-order valence-corrected chi connectivity index (χ3v) is 5.18. The molecule has 0 unspecified atom stereocenters. The van der Waals surface area contributed by atoms with Gasteiger partial charge in [-0.1, -0.05) is 12.1 Å². The van der Waals surface area contributed by atoms with Gasteiger partial charge in [-0.2, -0.15) is 4.98 Å². The highest BCUT2D eigenvalue weighted by Crippen LogP contribution is 2.29. The smallest absolute Gasteiger partial charge is 0.227 e. The quantitative estimate of drug-likeness (QED) is 0.802. The summed E-state index contributed by atoms with van der Waals surface area (Å²) in [6.45, 7) is 4.15. The van der Waals surface area contributed by atoms with Gasteiger partial charge in [0.1, 0.15) is 0 Å². The summed E-state index contributed by atoms with van der Waals surface area (Å²) in [6.07, 6.45) is 7.60.